The molecule has 0 amide bonds. The maximum absolute atomic E-state index is 13.9. The van der Waals surface area contributed by atoms with Gasteiger partial charge in [-0.15, -0.1) is 0 Å². The molecule has 0 aliphatic carbocycles. The van der Waals surface area contributed by atoms with Crippen molar-refractivity contribution >= 4 is 11.9 Å². The SMILES string of the molecule is CCC1(n2c(C)nc(=O)n(CCCN3C4CCC3CC(OCc3ccccc3F)C4)c2=O)OC(=O)C(=O)O1. The van der Waals surface area contributed by atoms with Crippen molar-refractivity contribution in [3.63, 3.8) is 0 Å². The van der Waals surface area contributed by atoms with E-state index in [-0.39, 0.29) is 37.3 Å². The standard InChI is InChI=1S/C26H31FN4O7/c1-3-26(37-22(32)23(33)38-26)31-16(2)28-24(34)30(25(31)35)12-6-11-29-18-9-10-19(29)14-20(13-18)36-15-17-7-4-5-8-21(17)27/h4-5,7-8,18-20H,3,6,9-15H2,1-2H3. The van der Waals surface area contributed by atoms with E-state index in [2.05, 4.69) is 9.88 Å². The number of ether oxygens (including phenoxy) is 3. The van der Waals surface area contributed by atoms with Crippen LogP contribution in [0.4, 0.5) is 4.39 Å². The fourth-order valence-corrected chi connectivity index (χ4v) is 5.92. The predicted molar refractivity (Wildman–Crippen MR) is 130 cm³/mol. The van der Waals surface area contributed by atoms with Gasteiger partial charge in [-0.2, -0.15) is 4.98 Å². The van der Waals surface area contributed by atoms with Gasteiger partial charge in [0, 0.05) is 37.2 Å². The minimum atomic E-state index is -1.96. The highest BCUT2D eigenvalue weighted by Crippen LogP contribution is 2.37. The number of cyclic esters (lactones) is 2. The molecule has 204 valence electrons. The van der Waals surface area contributed by atoms with Crippen molar-refractivity contribution in [3.8, 4) is 0 Å². The van der Waals surface area contributed by atoms with Gasteiger partial charge in [-0.25, -0.2) is 32.7 Å². The summed E-state index contributed by atoms with van der Waals surface area (Å²) in [7, 11) is 0. The highest BCUT2D eigenvalue weighted by atomic mass is 19.1. The van der Waals surface area contributed by atoms with E-state index in [4.69, 9.17) is 14.2 Å². The minimum absolute atomic E-state index is 0.0175. The fourth-order valence-electron chi connectivity index (χ4n) is 5.92. The average molecular weight is 531 g/mol. The number of carbonyl (C=O) groups excluding carboxylic acids is 2. The monoisotopic (exact) mass is 530 g/mol. The molecule has 4 heterocycles. The van der Waals surface area contributed by atoms with Crippen LogP contribution in [0.1, 0.15) is 56.8 Å². The van der Waals surface area contributed by atoms with E-state index in [1.807, 2.05) is 0 Å². The van der Waals surface area contributed by atoms with E-state index < -0.39 is 29.2 Å². The van der Waals surface area contributed by atoms with Gasteiger partial charge in [0.15, 0.2) is 0 Å². The van der Waals surface area contributed by atoms with Crippen LogP contribution in [0.5, 0.6) is 0 Å². The van der Waals surface area contributed by atoms with Gasteiger partial charge in [-0.3, -0.25) is 4.90 Å². The average Bonchev–Trinajstić information content (AvgIpc) is 3.30. The first-order chi connectivity index (χ1) is 18.2. The Balaban J connectivity index is 1.23. The normalized spacial score (nSPS) is 24.4. The van der Waals surface area contributed by atoms with Crippen LogP contribution in [0, 0.1) is 12.7 Å². The second kappa shape index (κ2) is 10.4. The van der Waals surface area contributed by atoms with Crippen LogP contribution in [0.3, 0.4) is 0 Å². The zero-order valence-electron chi connectivity index (χ0n) is 21.4. The first-order valence-electron chi connectivity index (χ1n) is 13.0. The molecular formula is C26H31FN4O7. The van der Waals surface area contributed by atoms with Gasteiger partial charge in [-0.05, 0) is 45.1 Å². The number of aromatic nitrogens is 3. The molecule has 2 aromatic rings. The van der Waals surface area contributed by atoms with Crippen molar-refractivity contribution in [2.24, 2.45) is 0 Å². The molecular weight excluding hydrogens is 499 g/mol. The summed E-state index contributed by atoms with van der Waals surface area (Å²) in [6.45, 7) is 4.04. The minimum Gasteiger partial charge on any atom is -0.394 e. The lowest BCUT2D eigenvalue weighted by Crippen LogP contribution is -2.52. The number of aryl methyl sites for hydroxylation is 1. The zero-order valence-corrected chi connectivity index (χ0v) is 21.4. The van der Waals surface area contributed by atoms with Crippen molar-refractivity contribution in [2.45, 2.75) is 89.6 Å². The molecule has 3 aliphatic heterocycles. The van der Waals surface area contributed by atoms with E-state index >= 15 is 0 Å². The fraction of sp³-hybridized carbons (Fsp3) is 0.577. The number of esters is 2. The van der Waals surface area contributed by atoms with E-state index in [0.29, 0.717) is 30.6 Å². The molecule has 2 unspecified atom stereocenters. The molecule has 2 bridgehead atoms. The molecule has 3 aliphatic rings. The zero-order chi connectivity index (χ0) is 27.0. The molecule has 0 saturated carbocycles. The van der Waals surface area contributed by atoms with Crippen LogP contribution in [0.15, 0.2) is 33.9 Å². The van der Waals surface area contributed by atoms with Gasteiger partial charge in [0.1, 0.15) is 11.6 Å². The molecule has 0 radical (unpaired) electrons. The molecule has 11 nitrogen and oxygen atoms in total. The summed E-state index contributed by atoms with van der Waals surface area (Å²) in [6.07, 6.45) is 4.33. The lowest BCUT2D eigenvalue weighted by molar-refractivity contribution is -0.227. The first-order valence-corrected chi connectivity index (χ1v) is 13.0. The quantitative estimate of drug-likeness (QED) is 0.351. The third-order valence-electron chi connectivity index (χ3n) is 7.76. The molecule has 0 spiro atoms. The Morgan fingerprint density at radius 1 is 1.05 bits per heavy atom. The Morgan fingerprint density at radius 2 is 1.71 bits per heavy atom. The third kappa shape index (κ3) is 4.78. The van der Waals surface area contributed by atoms with E-state index in [9.17, 15) is 23.6 Å². The molecule has 12 heteroatoms. The van der Waals surface area contributed by atoms with Crippen molar-refractivity contribution in [1.29, 1.82) is 0 Å². The molecule has 38 heavy (non-hydrogen) atoms. The lowest BCUT2D eigenvalue weighted by atomic mass is 9.99. The van der Waals surface area contributed by atoms with Crippen LogP contribution in [-0.4, -0.2) is 55.7 Å². The van der Waals surface area contributed by atoms with Gasteiger partial charge in [0.05, 0.1) is 12.7 Å². The van der Waals surface area contributed by atoms with Crippen LogP contribution in [-0.2, 0) is 42.9 Å². The summed E-state index contributed by atoms with van der Waals surface area (Å²) in [6, 6.07) is 7.27. The number of hydrogen-bond acceptors (Lipinski definition) is 9. The van der Waals surface area contributed by atoms with E-state index in [1.165, 1.54) is 13.0 Å². The maximum atomic E-state index is 13.9. The highest BCUT2D eigenvalue weighted by Gasteiger charge is 2.51. The summed E-state index contributed by atoms with van der Waals surface area (Å²) in [5.41, 5.74) is -0.916. The number of piperidine rings is 1. The third-order valence-corrected chi connectivity index (χ3v) is 7.76. The largest absolute Gasteiger partial charge is 0.422 e. The maximum Gasteiger partial charge on any atom is 0.422 e. The van der Waals surface area contributed by atoms with Gasteiger partial charge < -0.3 is 14.2 Å². The van der Waals surface area contributed by atoms with Gasteiger partial charge in [0.25, 0.3) is 0 Å². The van der Waals surface area contributed by atoms with E-state index in [1.54, 1.807) is 25.1 Å². The van der Waals surface area contributed by atoms with Gasteiger partial charge in [-0.1, -0.05) is 25.1 Å². The first kappa shape index (κ1) is 26.2. The van der Waals surface area contributed by atoms with Crippen LogP contribution >= 0.6 is 0 Å². The molecule has 2 atom stereocenters. The Bertz CT molecular complexity index is 1330. The summed E-state index contributed by atoms with van der Waals surface area (Å²) in [4.78, 5) is 55.7. The van der Waals surface area contributed by atoms with Crippen LogP contribution in [0.2, 0.25) is 0 Å². The number of carbonyl (C=O) groups is 2. The number of nitrogens with zero attached hydrogens (tertiary/aromatic N) is 4. The summed E-state index contributed by atoms with van der Waals surface area (Å²) >= 11 is 0. The molecule has 3 saturated heterocycles. The molecule has 3 fully saturated rings. The van der Waals surface area contributed by atoms with Crippen molar-refractivity contribution in [1.82, 2.24) is 19.0 Å². The molecule has 5 rings (SSSR count). The summed E-state index contributed by atoms with van der Waals surface area (Å²) in [5.74, 6) is -4.64. The number of rotatable bonds is 9. The Kier molecular flexibility index (Phi) is 7.19. The van der Waals surface area contributed by atoms with Crippen LogP contribution < -0.4 is 11.4 Å². The number of hydrogen-bond donors (Lipinski definition) is 0. The predicted octanol–water partition coefficient (Wildman–Crippen LogP) is 1.58. The van der Waals surface area contributed by atoms with Crippen molar-refractivity contribution in [2.75, 3.05) is 6.54 Å². The highest BCUT2D eigenvalue weighted by molar-refractivity contribution is 6.31. The summed E-state index contributed by atoms with van der Waals surface area (Å²) < 4.78 is 32.1. The molecule has 1 aromatic heterocycles. The van der Waals surface area contributed by atoms with Gasteiger partial charge in [0.2, 0.25) is 0 Å². The van der Waals surface area contributed by atoms with Crippen molar-refractivity contribution < 1.29 is 28.2 Å². The summed E-state index contributed by atoms with van der Waals surface area (Å²) in [5, 5.41) is 0. The number of fused-ring (bicyclic) bond motifs is 2. The van der Waals surface area contributed by atoms with E-state index in [0.717, 1.165) is 34.8 Å². The van der Waals surface area contributed by atoms with Crippen LogP contribution in [0.25, 0.3) is 0 Å². The molecule has 0 N–H and O–H groups in total. The Morgan fingerprint density at radius 3 is 2.34 bits per heavy atom. The van der Waals surface area contributed by atoms with Gasteiger partial charge >= 0.3 is 29.2 Å². The Labute approximate surface area is 218 Å². The Hall–Kier alpha value is -3.38. The van der Waals surface area contributed by atoms with Crippen molar-refractivity contribution in [3.05, 3.63) is 62.4 Å². The smallest absolute Gasteiger partial charge is 0.394 e. The topological polar surface area (TPSA) is 122 Å². The number of halogens is 1. The molecule has 1 aromatic carbocycles. The second-order valence-corrected chi connectivity index (χ2v) is 10.0. The number of benzene rings is 1. The second-order valence-electron chi connectivity index (χ2n) is 10.0. The lowest BCUT2D eigenvalue weighted by Gasteiger charge is -2.39.